The van der Waals surface area contributed by atoms with Gasteiger partial charge in [0.1, 0.15) is 11.5 Å². The summed E-state index contributed by atoms with van der Waals surface area (Å²) in [5, 5.41) is 11.3. The molecule has 7 heteroatoms. The maximum absolute atomic E-state index is 13.3. The number of amides is 1. The van der Waals surface area contributed by atoms with E-state index in [1.807, 2.05) is 24.3 Å². The van der Waals surface area contributed by atoms with Crippen LogP contribution in [0.1, 0.15) is 43.5 Å². The minimum absolute atomic E-state index is 0.0305. The lowest BCUT2D eigenvalue weighted by Gasteiger charge is -2.31. The number of aliphatic hydroxyl groups excluding tert-OH is 1. The molecular weight excluding hydrogens is 444 g/mol. The molecule has 1 atom stereocenters. The monoisotopic (exact) mass is 478 g/mol. The number of benzene rings is 2. The highest BCUT2D eigenvalue weighted by atomic mass is 16.5. The SMILES string of the molecule is COc1cccc(/C(O)=C2\C(=O)C(=O)N(CCN3CCOCC3)C2c2ccc(C(C)(C)C)cc2)c1. The fourth-order valence-electron chi connectivity index (χ4n) is 4.62. The highest BCUT2D eigenvalue weighted by molar-refractivity contribution is 6.46. The normalized spacial score (nSPS) is 20.9. The standard InChI is InChI=1S/C28H34N2O5/c1-28(2,3)21-10-8-19(9-11-21)24-23(25(31)20-6-5-7-22(18-20)34-4)26(32)27(33)30(24)13-12-29-14-16-35-17-15-29/h5-11,18,24,31H,12-17H2,1-4H3/b25-23+. The molecule has 2 heterocycles. The van der Waals surface area contributed by atoms with Crippen molar-refractivity contribution < 1.29 is 24.2 Å². The molecule has 2 fully saturated rings. The fourth-order valence-corrected chi connectivity index (χ4v) is 4.62. The molecule has 2 aliphatic heterocycles. The summed E-state index contributed by atoms with van der Waals surface area (Å²) in [4.78, 5) is 30.3. The molecule has 4 rings (SSSR count). The van der Waals surface area contributed by atoms with Crippen molar-refractivity contribution in [1.29, 1.82) is 0 Å². The lowest BCUT2D eigenvalue weighted by molar-refractivity contribution is -0.140. The van der Waals surface area contributed by atoms with Crippen LogP contribution in [-0.4, -0.2) is 73.1 Å². The number of rotatable bonds is 6. The second-order valence-electron chi connectivity index (χ2n) is 10.1. The van der Waals surface area contributed by atoms with Gasteiger partial charge in [0.05, 0.1) is 31.9 Å². The largest absolute Gasteiger partial charge is 0.507 e. The van der Waals surface area contributed by atoms with Crippen LogP contribution in [0.4, 0.5) is 0 Å². The Morgan fingerprint density at radius 2 is 1.74 bits per heavy atom. The van der Waals surface area contributed by atoms with E-state index in [1.165, 1.54) is 0 Å². The predicted octanol–water partition coefficient (Wildman–Crippen LogP) is 3.75. The van der Waals surface area contributed by atoms with Gasteiger partial charge in [0.25, 0.3) is 11.7 Å². The molecule has 0 bridgehead atoms. The van der Waals surface area contributed by atoms with Crippen molar-refractivity contribution in [3.05, 3.63) is 70.8 Å². The predicted molar refractivity (Wildman–Crippen MR) is 134 cm³/mol. The number of Topliss-reactive ketones (excluding diaryl/α,β-unsaturated/α-hetero) is 1. The molecule has 1 amide bonds. The van der Waals surface area contributed by atoms with Gasteiger partial charge in [-0.3, -0.25) is 14.5 Å². The van der Waals surface area contributed by atoms with Gasteiger partial charge in [-0.25, -0.2) is 0 Å². The van der Waals surface area contributed by atoms with Gasteiger partial charge in [-0.05, 0) is 28.7 Å². The summed E-state index contributed by atoms with van der Waals surface area (Å²) in [6.45, 7) is 10.3. The quantitative estimate of drug-likeness (QED) is 0.387. The number of ketones is 1. The Hall–Kier alpha value is -3.16. The Morgan fingerprint density at radius 1 is 1.06 bits per heavy atom. The molecule has 0 aliphatic carbocycles. The zero-order valence-electron chi connectivity index (χ0n) is 20.9. The molecular formula is C28H34N2O5. The van der Waals surface area contributed by atoms with Gasteiger partial charge in [-0.1, -0.05) is 57.2 Å². The maximum atomic E-state index is 13.3. The topological polar surface area (TPSA) is 79.3 Å². The first-order chi connectivity index (χ1) is 16.7. The third-order valence-corrected chi connectivity index (χ3v) is 6.74. The van der Waals surface area contributed by atoms with Crippen molar-refractivity contribution in [3.8, 4) is 5.75 Å². The molecule has 0 aromatic heterocycles. The molecule has 0 saturated carbocycles. The smallest absolute Gasteiger partial charge is 0.295 e. The van der Waals surface area contributed by atoms with E-state index in [2.05, 4.69) is 25.7 Å². The number of methoxy groups -OCH3 is 1. The Bertz CT molecular complexity index is 1110. The minimum Gasteiger partial charge on any atom is -0.507 e. The third-order valence-electron chi connectivity index (χ3n) is 6.74. The van der Waals surface area contributed by atoms with Crippen LogP contribution in [0.3, 0.4) is 0 Å². The van der Waals surface area contributed by atoms with Gasteiger partial charge in [0.15, 0.2) is 0 Å². The number of aliphatic hydroxyl groups is 1. The average molecular weight is 479 g/mol. The van der Waals surface area contributed by atoms with Crippen LogP contribution in [-0.2, 0) is 19.7 Å². The van der Waals surface area contributed by atoms with Crippen LogP contribution in [0.2, 0.25) is 0 Å². The van der Waals surface area contributed by atoms with E-state index >= 15 is 0 Å². The zero-order chi connectivity index (χ0) is 25.2. The van der Waals surface area contributed by atoms with Crippen molar-refractivity contribution in [3.63, 3.8) is 0 Å². The lowest BCUT2D eigenvalue weighted by atomic mass is 9.85. The highest BCUT2D eigenvalue weighted by Gasteiger charge is 2.46. The van der Waals surface area contributed by atoms with Gasteiger partial charge in [-0.2, -0.15) is 0 Å². The van der Waals surface area contributed by atoms with Crippen molar-refractivity contribution in [1.82, 2.24) is 9.80 Å². The van der Waals surface area contributed by atoms with E-state index in [4.69, 9.17) is 9.47 Å². The van der Waals surface area contributed by atoms with Crippen LogP contribution in [0.5, 0.6) is 5.75 Å². The van der Waals surface area contributed by atoms with E-state index in [0.29, 0.717) is 37.6 Å². The number of hydrogen-bond acceptors (Lipinski definition) is 6. The Balaban J connectivity index is 1.75. The van der Waals surface area contributed by atoms with Crippen LogP contribution in [0.15, 0.2) is 54.1 Å². The van der Waals surface area contributed by atoms with Crippen LogP contribution >= 0.6 is 0 Å². The van der Waals surface area contributed by atoms with E-state index in [1.54, 1.807) is 36.3 Å². The van der Waals surface area contributed by atoms with Gasteiger partial charge in [0.2, 0.25) is 0 Å². The maximum Gasteiger partial charge on any atom is 0.295 e. The number of carbonyl (C=O) groups is 2. The Labute approximate surface area is 206 Å². The summed E-state index contributed by atoms with van der Waals surface area (Å²) in [5.41, 5.74) is 2.46. The van der Waals surface area contributed by atoms with Gasteiger partial charge >= 0.3 is 0 Å². The molecule has 2 saturated heterocycles. The first-order valence-electron chi connectivity index (χ1n) is 12.0. The molecule has 2 aliphatic rings. The summed E-state index contributed by atoms with van der Waals surface area (Å²) >= 11 is 0. The summed E-state index contributed by atoms with van der Waals surface area (Å²) in [7, 11) is 1.54. The Kier molecular flexibility index (Phi) is 7.28. The van der Waals surface area contributed by atoms with Crippen molar-refractivity contribution in [2.24, 2.45) is 0 Å². The minimum atomic E-state index is -0.670. The number of ether oxygens (including phenoxy) is 2. The average Bonchev–Trinajstić information content (AvgIpc) is 3.12. The number of nitrogens with zero attached hydrogens (tertiary/aromatic N) is 2. The molecule has 2 aromatic rings. The van der Waals surface area contributed by atoms with Crippen molar-refractivity contribution in [2.75, 3.05) is 46.5 Å². The molecule has 1 N–H and O–H groups in total. The number of morpholine rings is 1. The van der Waals surface area contributed by atoms with Crippen LogP contribution < -0.4 is 4.74 Å². The molecule has 1 unspecified atom stereocenters. The van der Waals surface area contributed by atoms with E-state index in [0.717, 1.165) is 24.2 Å². The molecule has 2 aromatic carbocycles. The van der Waals surface area contributed by atoms with E-state index in [9.17, 15) is 14.7 Å². The second-order valence-corrected chi connectivity index (χ2v) is 10.1. The van der Waals surface area contributed by atoms with Crippen LogP contribution in [0.25, 0.3) is 5.76 Å². The first kappa shape index (κ1) is 24.9. The summed E-state index contributed by atoms with van der Waals surface area (Å²) < 4.78 is 10.7. The molecule has 186 valence electrons. The third kappa shape index (κ3) is 5.26. The summed E-state index contributed by atoms with van der Waals surface area (Å²) in [6, 6.07) is 14.2. The fraction of sp³-hybridized carbons (Fsp3) is 0.429. The molecule has 7 nitrogen and oxygen atoms in total. The summed E-state index contributed by atoms with van der Waals surface area (Å²) in [6.07, 6.45) is 0. The highest BCUT2D eigenvalue weighted by Crippen LogP contribution is 2.40. The van der Waals surface area contributed by atoms with E-state index < -0.39 is 17.7 Å². The molecule has 35 heavy (non-hydrogen) atoms. The van der Waals surface area contributed by atoms with Gasteiger partial charge < -0.3 is 19.5 Å². The Morgan fingerprint density at radius 3 is 2.37 bits per heavy atom. The molecule has 0 spiro atoms. The number of carbonyl (C=O) groups excluding carboxylic acids is 2. The zero-order valence-corrected chi connectivity index (χ0v) is 20.9. The van der Waals surface area contributed by atoms with Crippen molar-refractivity contribution in [2.45, 2.75) is 32.2 Å². The second kappa shape index (κ2) is 10.2. The van der Waals surface area contributed by atoms with E-state index in [-0.39, 0.29) is 16.7 Å². The first-order valence-corrected chi connectivity index (χ1v) is 12.0. The van der Waals surface area contributed by atoms with Crippen molar-refractivity contribution >= 4 is 17.4 Å². The van der Waals surface area contributed by atoms with Gasteiger partial charge in [0, 0.05) is 31.7 Å². The number of hydrogen-bond donors (Lipinski definition) is 1. The molecule has 0 radical (unpaired) electrons. The van der Waals surface area contributed by atoms with Gasteiger partial charge in [-0.15, -0.1) is 0 Å². The lowest BCUT2D eigenvalue weighted by Crippen LogP contribution is -2.42. The number of likely N-dealkylation sites (tertiary alicyclic amines) is 1. The van der Waals surface area contributed by atoms with Crippen LogP contribution in [0, 0.1) is 0 Å². The summed E-state index contributed by atoms with van der Waals surface area (Å²) in [5.74, 6) is -0.896.